The minimum Gasteiger partial charge on any atom is -0.487 e. The fourth-order valence-electron chi connectivity index (χ4n) is 3.87. The Labute approximate surface area is 247 Å². The van der Waals surface area contributed by atoms with Gasteiger partial charge in [-0.1, -0.05) is 47.5 Å². The molecular weight excluding hydrogens is 723 g/mol. The Balaban J connectivity index is 1.44. The molecule has 184 valence electrons. The van der Waals surface area contributed by atoms with Crippen molar-refractivity contribution >= 4 is 86.1 Å². The molecule has 3 aromatic rings. The van der Waals surface area contributed by atoms with Gasteiger partial charge in [0.25, 0.3) is 5.91 Å². The Hall–Kier alpha value is -2.00. The summed E-state index contributed by atoms with van der Waals surface area (Å²) >= 11 is 16.6. The minimum absolute atomic E-state index is 0.122. The molecule has 1 fully saturated rings. The number of amides is 1. The molecule has 1 aliphatic heterocycles. The van der Waals surface area contributed by atoms with Crippen LogP contribution in [0.5, 0.6) is 5.75 Å². The van der Waals surface area contributed by atoms with Gasteiger partial charge in [-0.15, -0.1) is 0 Å². The first kappa shape index (κ1) is 27.0. The minimum atomic E-state index is -0.243. The van der Waals surface area contributed by atoms with Crippen LogP contribution in [0.15, 0.2) is 66.2 Å². The highest BCUT2D eigenvalue weighted by Gasteiger charge is 2.24. The van der Waals surface area contributed by atoms with Crippen molar-refractivity contribution in [3.8, 4) is 11.8 Å². The average molecular weight is 744 g/mol. The number of carbonyl (C=O) groups is 1. The summed E-state index contributed by atoms with van der Waals surface area (Å²) in [5.74, 6) is 0.481. The van der Waals surface area contributed by atoms with E-state index in [2.05, 4.69) is 68.3 Å². The van der Waals surface area contributed by atoms with E-state index in [4.69, 9.17) is 27.9 Å². The highest BCUT2D eigenvalue weighted by Crippen LogP contribution is 2.32. The zero-order valence-corrected chi connectivity index (χ0v) is 24.9. The number of piperazine rings is 1. The fraction of sp³-hybridized carbons (Fsp3) is 0.185. The van der Waals surface area contributed by atoms with E-state index in [0.29, 0.717) is 29.7 Å². The summed E-state index contributed by atoms with van der Waals surface area (Å²) in [6.07, 6.45) is 1.65. The first-order valence-corrected chi connectivity index (χ1v) is 14.0. The van der Waals surface area contributed by atoms with Crippen LogP contribution in [0.4, 0.5) is 5.69 Å². The molecule has 1 heterocycles. The van der Waals surface area contributed by atoms with Crippen molar-refractivity contribution in [1.29, 1.82) is 5.26 Å². The monoisotopic (exact) mass is 743 g/mol. The highest BCUT2D eigenvalue weighted by molar-refractivity contribution is 14.1. The molecule has 1 aliphatic rings. The fourth-order valence-corrected chi connectivity index (χ4v) is 6.47. The molecule has 5 nitrogen and oxygen atoms in total. The highest BCUT2D eigenvalue weighted by atomic mass is 127. The van der Waals surface area contributed by atoms with E-state index in [-0.39, 0.29) is 11.5 Å². The third-order valence-electron chi connectivity index (χ3n) is 5.76. The molecule has 0 N–H and O–H groups in total. The van der Waals surface area contributed by atoms with E-state index in [1.165, 1.54) is 0 Å². The van der Waals surface area contributed by atoms with Gasteiger partial charge in [0, 0.05) is 47.5 Å². The van der Waals surface area contributed by atoms with Gasteiger partial charge in [-0.25, -0.2) is 0 Å². The lowest BCUT2D eigenvalue weighted by Crippen LogP contribution is -2.49. The SMILES string of the molecule is N#C/C(=C/c1cc(I)c(OCc2ccc(Cl)cc2Cl)c(I)c1)C(=O)N1CCN(c2ccccc2)CC1. The van der Waals surface area contributed by atoms with Gasteiger partial charge in [0.15, 0.2) is 0 Å². The van der Waals surface area contributed by atoms with Crippen molar-refractivity contribution in [2.24, 2.45) is 0 Å². The summed E-state index contributed by atoms with van der Waals surface area (Å²) in [5.41, 5.74) is 2.87. The Morgan fingerprint density at radius 1 is 1.00 bits per heavy atom. The number of para-hydroxylation sites is 1. The van der Waals surface area contributed by atoms with Crippen molar-refractivity contribution < 1.29 is 9.53 Å². The summed E-state index contributed by atoms with van der Waals surface area (Å²) in [4.78, 5) is 17.1. The number of nitriles is 1. The lowest BCUT2D eigenvalue weighted by atomic mass is 10.1. The maximum Gasteiger partial charge on any atom is 0.264 e. The molecule has 9 heteroatoms. The van der Waals surface area contributed by atoms with E-state index in [0.717, 1.165) is 42.8 Å². The summed E-state index contributed by atoms with van der Waals surface area (Å²) in [6.45, 7) is 2.90. The molecule has 0 saturated carbocycles. The summed E-state index contributed by atoms with van der Waals surface area (Å²) in [5, 5.41) is 10.9. The second-order valence-electron chi connectivity index (χ2n) is 8.12. The maximum absolute atomic E-state index is 13.1. The van der Waals surface area contributed by atoms with Crippen LogP contribution in [-0.2, 0) is 11.4 Å². The first-order chi connectivity index (χ1) is 17.4. The van der Waals surface area contributed by atoms with Crippen molar-refractivity contribution in [3.63, 3.8) is 0 Å². The molecule has 0 aliphatic carbocycles. The number of ether oxygens (including phenoxy) is 1. The van der Waals surface area contributed by atoms with Gasteiger partial charge in [-0.2, -0.15) is 5.26 Å². The molecule has 1 saturated heterocycles. The van der Waals surface area contributed by atoms with Gasteiger partial charge in [0.05, 0.1) is 7.14 Å². The topological polar surface area (TPSA) is 56.6 Å². The van der Waals surface area contributed by atoms with E-state index in [1.54, 1.807) is 23.1 Å². The van der Waals surface area contributed by atoms with Gasteiger partial charge in [-0.3, -0.25) is 4.79 Å². The number of halogens is 4. The van der Waals surface area contributed by atoms with E-state index < -0.39 is 0 Å². The molecule has 0 aromatic heterocycles. The van der Waals surface area contributed by atoms with Crippen LogP contribution in [0.25, 0.3) is 6.08 Å². The molecule has 36 heavy (non-hydrogen) atoms. The number of carbonyl (C=O) groups excluding carboxylic acids is 1. The first-order valence-electron chi connectivity index (χ1n) is 11.1. The second kappa shape index (κ2) is 12.5. The lowest BCUT2D eigenvalue weighted by molar-refractivity contribution is -0.126. The van der Waals surface area contributed by atoms with E-state index in [9.17, 15) is 10.1 Å². The third-order valence-corrected chi connectivity index (χ3v) is 7.95. The van der Waals surface area contributed by atoms with Gasteiger partial charge in [0.1, 0.15) is 24.0 Å². The molecule has 3 aromatic carbocycles. The number of benzene rings is 3. The maximum atomic E-state index is 13.1. The summed E-state index contributed by atoms with van der Waals surface area (Å²) in [6, 6.07) is 21.3. The van der Waals surface area contributed by atoms with Crippen molar-refractivity contribution in [1.82, 2.24) is 4.90 Å². The Bertz CT molecular complexity index is 1310. The van der Waals surface area contributed by atoms with Crippen molar-refractivity contribution in [3.05, 3.63) is 94.5 Å². The average Bonchev–Trinajstić information content (AvgIpc) is 2.88. The van der Waals surface area contributed by atoms with Gasteiger partial charge < -0.3 is 14.5 Å². The Morgan fingerprint density at radius 3 is 2.28 bits per heavy atom. The van der Waals surface area contributed by atoms with Crippen LogP contribution in [0.2, 0.25) is 10.0 Å². The molecule has 0 unspecified atom stereocenters. The third kappa shape index (κ3) is 6.65. The van der Waals surface area contributed by atoms with Crippen LogP contribution in [-0.4, -0.2) is 37.0 Å². The molecule has 0 spiro atoms. The van der Waals surface area contributed by atoms with Crippen LogP contribution < -0.4 is 9.64 Å². The van der Waals surface area contributed by atoms with Crippen LogP contribution >= 0.6 is 68.4 Å². The summed E-state index contributed by atoms with van der Waals surface area (Å²) in [7, 11) is 0. The molecule has 1 amide bonds. The standard InChI is InChI=1S/C27H21Cl2I2N3O2/c28-21-7-6-19(23(29)15-21)17-36-26-24(30)13-18(14-25(26)31)12-20(16-32)27(35)34-10-8-33(9-11-34)22-4-2-1-3-5-22/h1-7,12-15H,8-11,17H2/b20-12-. The number of rotatable bonds is 6. The quantitative estimate of drug-likeness (QED) is 0.155. The predicted molar refractivity (Wildman–Crippen MR) is 161 cm³/mol. The normalized spacial score (nSPS) is 13.9. The molecule has 0 atom stereocenters. The lowest BCUT2D eigenvalue weighted by Gasteiger charge is -2.36. The number of nitrogens with zero attached hydrogens (tertiary/aromatic N) is 3. The van der Waals surface area contributed by atoms with Crippen molar-refractivity contribution in [2.75, 3.05) is 31.1 Å². The Morgan fingerprint density at radius 2 is 1.67 bits per heavy atom. The second-order valence-corrected chi connectivity index (χ2v) is 11.3. The molecule has 0 bridgehead atoms. The van der Waals surface area contributed by atoms with Gasteiger partial charge in [0.2, 0.25) is 0 Å². The largest absolute Gasteiger partial charge is 0.487 e. The predicted octanol–water partition coefficient (Wildman–Crippen LogP) is 7.04. The number of hydrogen-bond donors (Lipinski definition) is 0. The molecule has 4 rings (SSSR count). The summed E-state index contributed by atoms with van der Waals surface area (Å²) < 4.78 is 7.79. The van der Waals surface area contributed by atoms with Crippen LogP contribution in [0, 0.1) is 18.5 Å². The van der Waals surface area contributed by atoms with Crippen LogP contribution in [0.3, 0.4) is 0 Å². The Kier molecular flexibility index (Phi) is 9.39. The molecular formula is C27H21Cl2I2N3O2. The molecule has 0 radical (unpaired) electrons. The van der Waals surface area contributed by atoms with Crippen molar-refractivity contribution in [2.45, 2.75) is 6.61 Å². The zero-order valence-electron chi connectivity index (χ0n) is 19.1. The van der Waals surface area contributed by atoms with E-state index in [1.807, 2.05) is 36.4 Å². The van der Waals surface area contributed by atoms with E-state index >= 15 is 0 Å². The van der Waals surface area contributed by atoms with Gasteiger partial charge in [-0.05, 0) is 93.2 Å². The van der Waals surface area contributed by atoms with Crippen LogP contribution in [0.1, 0.15) is 11.1 Å². The van der Waals surface area contributed by atoms with Gasteiger partial charge >= 0.3 is 0 Å². The smallest absolute Gasteiger partial charge is 0.264 e. The number of hydrogen-bond acceptors (Lipinski definition) is 4. The zero-order chi connectivity index (χ0) is 25.7. The number of anilines is 1.